The van der Waals surface area contributed by atoms with Gasteiger partial charge in [0.2, 0.25) is 0 Å². The van der Waals surface area contributed by atoms with E-state index in [4.69, 9.17) is 13.6 Å². The molecule has 0 atom stereocenters. The first kappa shape index (κ1) is 21.4. The van der Waals surface area contributed by atoms with Gasteiger partial charge in [0.15, 0.2) is 0 Å². The van der Waals surface area contributed by atoms with E-state index in [9.17, 15) is 0 Å². The van der Waals surface area contributed by atoms with Crippen LogP contribution in [0.1, 0.15) is 16.7 Å². The lowest BCUT2D eigenvalue weighted by atomic mass is 10.2. The number of hydrogen-bond donors (Lipinski definition) is 1. The quantitative estimate of drug-likeness (QED) is 0.349. The minimum absolute atomic E-state index is 0.718. The van der Waals surface area contributed by atoms with Crippen LogP contribution in [0.5, 0.6) is 17.2 Å². The highest BCUT2D eigenvalue weighted by Crippen LogP contribution is 2.42. The highest BCUT2D eigenvalue weighted by molar-refractivity contribution is 7.43. The van der Waals surface area contributed by atoms with Crippen LogP contribution in [0.2, 0.25) is 0 Å². The predicted octanol–water partition coefficient (Wildman–Crippen LogP) is 6.79. The Morgan fingerprint density at radius 1 is 0.600 bits per heavy atom. The lowest BCUT2D eigenvalue weighted by Gasteiger charge is -2.18. The van der Waals surface area contributed by atoms with E-state index in [1.165, 1.54) is 16.7 Å². The Morgan fingerprint density at radius 3 is 1.20 bits per heavy atom. The van der Waals surface area contributed by atoms with Gasteiger partial charge in [-0.2, -0.15) is 0 Å². The minimum atomic E-state index is -1.62. The van der Waals surface area contributed by atoms with Crippen LogP contribution < -0.4 is 13.6 Å². The normalized spacial score (nSPS) is 10.1. The van der Waals surface area contributed by atoms with E-state index in [1.54, 1.807) is 18.7 Å². The lowest BCUT2D eigenvalue weighted by Crippen LogP contribution is -2.02. The van der Waals surface area contributed by atoms with E-state index in [1.807, 2.05) is 93.6 Å². The summed E-state index contributed by atoms with van der Waals surface area (Å²) in [7, 11) is -1.62. The van der Waals surface area contributed by atoms with Crippen LogP contribution >= 0.6 is 8.60 Å². The van der Waals surface area contributed by atoms with Crippen LogP contribution in [0.4, 0.5) is 0 Å². The number of aromatic nitrogens is 2. The van der Waals surface area contributed by atoms with Crippen molar-refractivity contribution >= 4 is 8.60 Å². The molecule has 1 N–H and O–H groups in total. The van der Waals surface area contributed by atoms with E-state index >= 15 is 0 Å². The first-order chi connectivity index (χ1) is 14.6. The van der Waals surface area contributed by atoms with Gasteiger partial charge in [0.05, 0.1) is 6.33 Å². The van der Waals surface area contributed by atoms with E-state index in [2.05, 4.69) is 9.97 Å². The van der Waals surface area contributed by atoms with Gasteiger partial charge in [0.25, 0.3) is 0 Å². The summed E-state index contributed by atoms with van der Waals surface area (Å²) >= 11 is 0. The average molecular weight is 420 g/mol. The summed E-state index contributed by atoms with van der Waals surface area (Å²) in [6.07, 6.45) is 5.08. The Hall–Kier alpha value is -3.30. The van der Waals surface area contributed by atoms with E-state index in [0.717, 1.165) is 17.2 Å². The highest BCUT2D eigenvalue weighted by atomic mass is 31.2. The molecule has 0 unspecified atom stereocenters. The third-order valence-electron chi connectivity index (χ3n) is 4.01. The van der Waals surface area contributed by atoms with Crippen LogP contribution in [0.3, 0.4) is 0 Å². The molecule has 0 aliphatic carbocycles. The second kappa shape index (κ2) is 11.0. The molecule has 0 fully saturated rings. The largest absolute Gasteiger partial charge is 0.530 e. The first-order valence-electron chi connectivity index (χ1n) is 9.55. The van der Waals surface area contributed by atoms with Gasteiger partial charge in [-0.15, -0.1) is 0 Å². The molecule has 0 radical (unpaired) electrons. The van der Waals surface area contributed by atoms with Crippen LogP contribution in [-0.4, -0.2) is 9.97 Å². The minimum Gasteiger partial charge on any atom is -0.409 e. The molecule has 6 heteroatoms. The monoisotopic (exact) mass is 420 g/mol. The van der Waals surface area contributed by atoms with Crippen molar-refractivity contribution in [2.75, 3.05) is 0 Å². The number of hydrogen-bond acceptors (Lipinski definition) is 4. The van der Waals surface area contributed by atoms with Gasteiger partial charge < -0.3 is 18.6 Å². The molecule has 0 aliphatic rings. The van der Waals surface area contributed by atoms with Crippen molar-refractivity contribution < 1.29 is 13.6 Å². The van der Waals surface area contributed by atoms with Crippen molar-refractivity contribution in [1.29, 1.82) is 0 Å². The number of H-pyrrole nitrogens is 1. The molecule has 30 heavy (non-hydrogen) atoms. The summed E-state index contributed by atoms with van der Waals surface area (Å²) in [5, 5.41) is 0. The molecular formula is C24H25N2O3P. The Morgan fingerprint density at radius 2 is 0.967 bits per heavy atom. The SMILES string of the molecule is Cc1ccc(OP(Oc2ccc(C)cc2)Oc2ccc(C)cc2)cc1.c1c[nH]cn1. The van der Waals surface area contributed by atoms with Crippen molar-refractivity contribution in [3.05, 3.63) is 108 Å². The maximum Gasteiger partial charge on any atom is 0.530 e. The standard InChI is InChI=1S/C21H21O3P.C3H4N2/c1-16-4-10-19(11-5-16)22-25(23-20-12-6-17(2)7-13-20)24-21-14-8-18(3)9-15-21;1-2-5-3-4-1/h4-15H,1-3H3;1-3H,(H,4,5). The van der Waals surface area contributed by atoms with Crippen LogP contribution in [0.25, 0.3) is 0 Å². The molecule has 0 aliphatic heterocycles. The molecule has 0 saturated carbocycles. The van der Waals surface area contributed by atoms with Gasteiger partial charge in [-0.1, -0.05) is 53.1 Å². The molecule has 3 aromatic carbocycles. The highest BCUT2D eigenvalue weighted by Gasteiger charge is 2.19. The first-order valence-corrected chi connectivity index (χ1v) is 10.6. The zero-order valence-corrected chi connectivity index (χ0v) is 18.2. The fourth-order valence-electron chi connectivity index (χ4n) is 2.33. The predicted molar refractivity (Wildman–Crippen MR) is 121 cm³/mol. The summed E-state index contributed by atoms with van der Waals surface area (Å²) in [5.41, 5.74) is 3.53. The summed E-state index contributed by atoms with van der Waals surface area (Å²) < 4.78 is 17.9. The second-order valence-electron chi connectivity index (χ2n) is 6.70. The Kier molecular flexibility index (Phi) is 7.87. The van der Waals surface area contributed by atoms with Gasteiger partial charge in [-0.25, -0.2) is 4.98 Å². The molecule has 0 bridgehead atoms. The third kappa shape index (κ3) is 7.26. The fourth-order valence-corrected chi connectivity index (χ4v) is 3.32. The number of aryl methyl sites for hydroxylation is 3. The van der Waals surface area contributed by atoms with Crippen molar-refractivity contribution in [1.82, 2.24) is 9.97 Å². The molecule has 0 saturated heterocycles. The van der Waals surface area contributed by atoms with Crippen molar-refractivity contribution in [3.8, 4) is 17.2 Å². The van der Waals surface area contributed by atoms with Crippen LogP contribution in [0, 0.1) is 20.8 Å². The summed E-state index contributed by atoms with van der Waals surface area (Å²) in [4.78, 5) is 6.42. The molecular weight excluding hydrogens is 395 g/mol. The number of nitrogens with one attached hydrogen (secondary N) is 1. The Bertz CT molecular complexity index is 856. The van der Waals surface area contributed by atoms with Crippen LogP contribution in [0.15, 0.2) is 91.5 Å². The Balaban J connectivity index is 0.000000448. The van der Waals surface area contributed by atoms with Gasteiger partial charge in [-0.3, -0.25) is 0 Å². The molecule has 1 aromatic heterocycles. The number of rotatable bonds is 6. The summed E-state index contributed by atoms with van der Waals surface area (Å²) in [6, 6.07) is 23.5. The van der Waals surface area contributed by atoms with Crippen molar-refractivity contribution in [2.45, 2.75) is 20.8 Å². The molecule has 0 amide bonds. The maximum atomic E-state index is 5.96. The third-order valence-corrected chi connectivity index (χ3v) is 5.09. The maximum absolute atomic E-state index is 5.96. The topological polar surface area (TPSA) is 56.4 Å². The molecule has 4 aromatic rings. The Labute approximate surface area is 178 Å². The lowest BCUT2D eigenvalue weighted by molar-refractivity contribution is 0.388. The number of nitrogens with zero attached hydrogens (tertiary/aromatic N) is 1. The van der Waals surface area contributed by atoms with E-state index < -0.39 is 8.60 Å². The second-order valence-corrected chi connectivity index (χ2v) is 7.69. The molecule has 4 rings (SSSR count). The number of imidazole rings is 1. The van der Waals surface area contributed by atoms with Gasteiger partial charge in [0, 0.05) is 12.4 Å². The molecule has 1 heterocycles. The zero-order chi connectivity index (χ0) is 21.2. The molecule has 154 valence electrons. The van der Waals surface area contributed by atoms with Crippen LogP contribution in [-0.2, 0) is 0 Å². The molecule has 5 nitrogen and oxygen atoms in total. The smallest absolute Gasteiger partial charge is 0.409 e. The van der Waals surface area contributed by atoms with Gasteiger partial charge in [-0.05, 0) is 57.2 Å². The average Bonchev–Trinajstić information content (AvgIpc) is 3.33. The van der Waals surface area contributed by atoms with Gasteiger partial charge >= 0.3 is 8.60 Å². The van der Waals surface area contributed by atoms with E-state index in [0.29, 0.717) is 0 Å². The number of aromatic amines is 1. The number of benzene rings is 3. The summed E-state index contributed by atoms with van der Waals surface area (Å²) in [6.45, 7) is 6.12. The van der Waals surface area contributed by atoms with Crippen molar-refractivity contribution in [2.24, 2.45) is 0 Å². The fraction of sp³-hybridized carbons (Fsp3) is 0.125. The zero-order valence-electron chi connectivity index (χ0n) is 17.3. The van der Waals surface area contributed by atoms with Gasteiger partial charge in [0.1, 0.15) is 17.2 Å². The van der Waals surface area contributed by atoms with Crippen molar-refractivity contribution in [3.63, 3.8) is 0 Å². The van der Waals surface area contributed by atoms with E-state index in [-0.39, 0.29) is 0 Å². The molecule has 0 spiro atoms. The summed E-state index contributed by atoms with van der Waals surface area (Å²) in [5.74, 6) is 2.16.